The van der Waals surface area contributed by atoms with E-state index in [0.717, 1.165) is 41.2 Å². The summed E-state index contributed by atoms with van der Waals surface area (Å²) in [5.41, 5.74) is 4.40. The number of nitrogens with one attached hydrogen (secondary N) is 3. The number of carboxylic acid groups (broad SMARTS) is 1. The molecule has 198 valence electrons. The molecule has 0 saturated carbocycles. The van der Waals surface area contributed by atoms with Crippen molar-refractivity contribution in [3.05, 3.63) is 66.2 Å². The van der Waals surface area contributed by atoms with Gasteiger partial charge in [0.05, 0.1) is 22.2 Å². The SMILES string of the molecule is CS(=O)(=O)NCCCNCc1cccc(-c2ccc(-c3nc4ccccc4[nH]3)s2)c1.O=C(O)C(F)(F)F. The lowest BCUT2D eigenvalue weighted by Gasteiger charge is -2.07. The Morgan fingerprint density at radius 3 is 2.43 bits per heavy atom. The Morgan fingerprint density at radius 1 is 1.05 bits per heavy atom. The van der Waals surface area contributed by atoms with Gasteiger partial charge in [-0.15, -0.1) is 11.3 Å². The van der Waals surface area contributed by atoms with Crippen molar-refractivity contribution >= 4 is 38.4 Å². The summed E-state index contributed by atoms with van der Waals surface area (Å²) in [7, 11) is -3.11. The van der Waals surface area contributed by atoms with E-state index in [2.05, 4.69) is 56.4 Å². The van der Waals surface area contributed by atoms with Gasteiger partial charge in [-0.2, -0.15) is 13.2 Å². The Labute approximate surface area is 215 Å². The van der Waals surface area contributed by atoms with Crippen LogP contribution in [-0.4, -0.2) is 55.0 Å². The molecule has 37 heavy (non-hydrogen) atoms. The number of thiophene rings is 1. The molecule has 0 aliphatic carbocycles. The zero-order valence-corrected chi connectivity index (χ0v) is 21.3. The van der Waals surface area contributed by atoms with Gasteiger partial charge in [0.15, 0.2) is 0 Å². The normalized spacial score (nSPS) is 11.8. The Balaban J connectivity index is 0.000000479. The highest BCUT2D eigenvalue weighted by Crippen LogP contribution is 2.34. The number of imidazole rings is 1. The van der Waals surface area contributed by atoms with Gasteiger partial charge in [-0.3, -0.25) is 0 Å². The molecule has 2 aromatic heterocycles. The van der Waals surface area contributed by atoms with Gasteiger partial charge in [-0.05, 0) is 54.4 Å². The number of carbonyl (C=O) groups is 1. The van der Waals surface area contributed by atoms with Crippen LogP contribution < -0.4 is 10.0 Å². The molecular weight excluding hydrogens is 529 g/mol. The van der Waals surface area contributed by atoms with Gasteiger partial charge in [0.2, 0.25) is 10.0 Å². The summed E-state index contributed by atoms with van der Waals surface area (Å²) in [6.07, 6.45) is -3.16. The van der Waals surface area contributed by atoms with Crippen LogP contribution >= 0.6 is 11.3 Å². The predicted octanol–water partition coefficient (Wildman–Crippen LogP) is 4.62. The number of carboxylic acids is 1. The molecule has 4 rings (SSSR count). The summed E-state index contributed by atoms with van der Waals surface area (Å²) in [5, 5.41) is 10.5. The van der Waals surface area contributed by atoms with Gasteiger partial charge in [-0.1, -0.05) is 30.3 Å². The molecule has 0 fully saturated rings. The number of hydrogen-bond donors (Lipinski definition) is 4. The number of nitrogens with zero attached hydrogens (tertiary/aromatic N) is 1. The van der Waals surface area contributed by atoms with Gasteiger partial charge in [-0.25, -0.2) is 22.9 Å². The number of alkyl halides is 3. The van der Waals surface area contributed by atoms with Crippen LogP contribution in [0.1, 0.15) is 12.0 Å². The number of fused-ring (bicyclic) bond motifs is 1. The second-order valence-corrected chi connectivity index (χ2v) is 10.9. The van der Waals surface area contributed by atoms with E-state index < -0.39 is 22.2 Å². The molecule has 4 aromatic rings. The van der Waals surface area contributed by atoms with Crippen LogP contribution in [0.3, 0.4) is 0 Å². The molecule has 0 unspecified atom stereocenters. The average molecular weight is 555 g/mol. The van der Waals surface area contributed by atoms with Crippen molar-refractivity contribution in [1.29, 1.82) is 0 Å². The van der Waals surface area contributed by atoms with E-state index >= 15 is 0 Å². The topological polar surface area (TPSA) is 124 Å². The minimum Gasteiger partial charge on any atom is -0.475 e. The molecule has 4 N–H and O–H groups in total. The van der Waals surface area contributed by atoms with E-state index in [1.54, 1.807) is 11.3 Å². The average Bonchev–Trinajstić information content (AvgIpc) is 3.48. The quantitative estimate of drug-likeness (QED) is 0.224. The maximum atomic E-state index is 11.1. The summed E-state index contributed by atoms with van der Waals surface area (Å²) in [6.45, 7) is 1.95. The number of H-pyrrole nitrogens is 1. The molecule has 2 aromatic carbocycles. The number of aromatic nitrogens is 2. The highest BCUT2D eigenvalue weighted by atomic mass is 32.2. The maximum Gasteiger partial charge on any atom is 0.490 e. The standard InChI is InChI=1S/C22H24N4O2S2.C2HF3O2/c1-30(27,28)24-13-5-12-23-15-16-6-4-7-17(14-16)20-10-11-21(29-20)22-25-18-8-2-3-9-19(18)26-22;3-2(4,5)1(6)7/h2-4,6-11,14,23-24H,5,12-13,15H2,1H3,(H,25,26);(H,6,7). The lowest BCUT2D eigenvalue weighted by Crippen LogP contribution is -2.26. The van der Waals surface area contributed by atoms with Gasteiger partial charge >= 0.3 is 12.1 Å². The number of sulfonamides is 1. The molecular formula is C24H25F3N4O4S2. The van der Waals surface area contributed by atoms with Crippen molar-refractivity contribution in [3.8, 4) is 21.1 Å². The van der Waals surface area contributed by atoms with Crippen molar-refractivity contribution < 1.29 is 31.5 Å². The van der Waals surface area contributed by atoms with Crippen LogP contribution in [0.25, 0.3) is 32.2 Å². The summed E-state index contributed by atoms with van der Waals surface area (Å²) in [6, 6.07) is 20.8. The molecule has 2 heterocycles. The Hall–Kier alpha value is -3.26. The Morgan fingerprint density at radius 2 is 1.76 bits per heavy atom. The number of para-hydroxylation sites is 2. The molecule has 0 atom stereocenters. The van der Waals surface area contributed by atoms with Gasteiger partial charge < -0.3 is 15.4 Å². The summed E-state index contributed by atoms with van der Waals surface area (Å²) in [4.78, 5) is 19.3. The van der Waals surface area contributed by atoms with Crippen molar-refractivity contribution in [2.75, 3.05) is 19.3 Å². The van der Waals surface area contributed by atoms with Crippen LogP contribution in [0.2, 0.25) is 0 Å². The Bertz CT molecular complexity index is 1420. The summed E-state index contributed by atoms with van der Waals surface area (Å²) >= 11 is 1.72. The number of halogens is 3. The third-order valence-electron chi connectivity index (χ3n) is 4.91. The second-order valence-electron chi connectivity index (χ2n) is 7.97. The predicted molar refractivity (Wildman–Crippen MR) is 138 cm³/mol. The zero-order valence-electron chi connectivity index (χ0n) is 19.7. The van der Waals surface area contributed by atoms with Crippen LogP contribution in [0.5, 0.6) is 0 Å². The third-order valence-corrected chi connectivity index (χ3v) is 6.78. The van der Waals surface area contributed by atoms with Crippen molar-refractivity contribution in [3.63, 3.8) is 0 Å². The van der Waals surface area contributed by atoms with Gasteiger partial charge in [0.1, 0.15) is 5.82 Å². The van der Waals surface area contributed by atoms with Gasteiger partial charge in [0, 0.05) is 18.0 Å². The molecule has 0 aliphatic rings. The highest BCUT2D eigenvalue weighted by Gasteiger charge is 2.38. The zero-order chi connectivity index (χ0) is 27.1. The minimum atomic E-state index is -5.08. The molecule has 8 nitrogen and oxygen atoms in total. The van der Waals surface area contributed by atoms with Crippen LogP contribution in [0.4, 0.5) is 13.2 Å². The first kappa shape index (κ1) is 28.3. The molecule has 0 amide bonds. The van der Waals surface area contributed by atoms with Crippen LogP contribution in [0, 0.1) is 0 Å². The fraction of sp³-hybridized carbons (Fsp3) is 0.250. The number of aliphatic carboxylic acids is 1. The third kappa shape index (κ3) is 8.97. The largest absolute Gasteiger partial charge is 0.490 e. The van der Waals surface area contributed by atoms with E-state index in [-0.39, 0.29) is 0 Å². The first-order valence-electron chi connectivity index (χ1n) is 11.0. The van der Waals surface area contributed by atoms with E-state index in [0.29, 0.717) is 6.54 Å². The van der Waals surface area contributed by atoms with E-state index in [1.165, 1.54) is 22.3 Å². The first-order valence-corrected chi connectivity index (χ1v) is 13.7. The number of hydrogen-bond acceptors (Lipinski definition) is 6. The summed E-state index contributed by atoms with van der Waals surface area (Å²) < 4.78 is 56.4. The smallest absolute Gasteiger partial charge is 0.475 e. The van der Waals surface area contributed by atoms with Crippen molar-refractivity contribution in [2.24, 2.45) is 0 Å². The number of benzene rings is 2. The maximum absolute atomic E-state index is 11.1. The summed E-state index contributed by atoms with van der Waals surface area (Å²) in [5.74, 6) is -1.86. The van der Waals surface area contributed by atoms with E-state index in [4.69, 9.17) is 9.90 Å². The first-order chi connectivity index (χ1) is 17.4. The molecule has 0 spiro atoms. The fourth-order valence-electron chi connectivity index (χ4n) is 3.23. The number of rotatable bonds is 9. The van der Waals surface area contributed by atoms with Crippen LogP contribution in [-0.2, 0) is 21.4 Å². The highest BCUT2D eigenvalue weighted by molar-refractivity contribution is 7.88. The molecule has 0 aliphatic heterocycles. The second kappa shape index (κ2) is 12.3. The molecule has 13 heteroatoms. The van der Waals surface area contributed by atoms with Crippen molar-refractivity contribution in [2.45, 2.75) is 19.1 Å². The monoisotopic (exact) mass is 554 g/mol. The molecule has 0 bridgehead atoms. The lowest BCUT2D eigenvalue weighted by atomic mass is 10.1. The minimum absolute atomic E-state index is 0.450. The molecule has 0 radical (unpaired) electrons. The van der Waals surface area contributed by atoms with Gasteiger partial charge in [0.25, 0.3) is 0 Å². The Kier molecular flexibility index (Phi) is 9.43. The lowest BCUT2D eigenvalue weighted by molar-refractivity contribution is -0.192. The van der Waals surface area contributed by atoms with Crippen molar-refractivity contribution in [1.82, 2.24) is 20.0 Å². The fourth-order valence-corrected chi connectivity index (χ4v) is 4.69. The number of aromatic amines is 1. The van der Waals surface area contributed by atoms with Crippen LogP contribution in [0.15, 0.2) is 60.7 Å². The van der Waals surface area contributed by atoms with E-state index in [9.17, 15) is 21.6 Å². The molecule has 0 saturated heterocycles. The van der Waals surface area contributed by atoms with E-state index in [1.807, 2.05) is 24.3 Å².